The maximum atomic E-state index is 13.1. The summed E-state index contributed by atoms with van der Waals surface area (Å²) in [6.45, 7) is 2.22. The van der Waals surface area contributed by atoms with Gasteiger partial charge in [-0.05, 0) is 53.6 Å². The Morgan fingerprint density at radius 2 is 1.68 bits per heavy atom. The van der Waals surface area contributed by atoms with Gasteiger partial charge in [-0.3, -0.25) is 9.59 Å². The standard InChI is InChI=1S/C26H25N3O5/c1-32-22-6-4-15(14-23(22)33-2)17-12-19-18-11-16(26(31)29-7-9-34-10-8-29)3-5-21(18)28-24(19)20(13-17)25(27)30/h3-6,11-14,28H,7-10H2,1-2H3,(H2,27,30). The third kappa shape index (κ3) is 3.72. The molecule has 5 rings (SSSR count). The molecule has 8 heteroatoms. The van der Waals surface area contributed by atoms with Crippen LogP contribution < -0.4 is 15.2 Å². The third-order valence-electron chi connectivity index (χ3n) is 6.24. The molecule has 1 fully saturated rings. The van der Waals surface area contributed by atoms with E-state index in [2.05, 4.69) is 4.98 Å². The highest BCUT2D eigenvalue weighted by atomic mass is 16.5. The molecule has 0 unspecified atom stereocenters. The van der Waals surface area contributed by atoms with Gasteiger partial charge in [0.2, 0.25) is 0 Å². The number of nitrogens with one attached hydrogen (secondary N) is 1. The van der Waals surface area contributed by atoms with Crippen LogP contribution in [-0.2, 0) is 4.74 Å². The second-order valence-electron chi connectivity index (χ2n) is 8.17. The van der Waals surface area contributed by atoms with Crippen molar-refractivity contribution in [2.45, 2.75) is 0 Å². The molecule has 0 radical (unpaired) electrons. The van der Waals surface area contributed by atoms with Crippen molar-refractivity contribution >= 4 is 33.6 Å². The number of carbonyl (C=O) groups is 2. The first-order valence-corrected chi connectivity index (χ1v) is 11.0. The number of hydrogen-bond acceptors (Lipinski definition) is 5. The first-order chi connectivity index (χ1) is 16.5. The van der Waals surface area contributed by atoms with Gasteiger partial charge < -0.3 is 29.8 Å². The van der Waals surface area contributed by atoms with Crippen molar-refractivity contribution in [3.63, 3.8) is 0 Å². The molecule has 2 heterocycles. The molecule has 0 saturated carbocycles. The number of aromatic nitrogens is 1. The Morgan fingerprint density at radius 1 is 0.912 bits per heavy atom. The van der Waals surface area contributed by atoms with E-state index in [4.69, 9.17) is 19.9 Å². The predicted octanol–water partition coefficient (Wildman–Crippen LogP) is 3.58. The lowest BCUT2D eigenvalue weighted by Gasteiger charge is -2.26. The summed E-state index contributed by atoms with van der Waals surface area (Å²) in [5, 5.41) is 1.66. The van der Waals surface area contributed by atoms with Crippen molar-refractivity contribution in [3.8, 4) is 22.6 Å². The zero-order valence-corrected chi connectivity index (χ0v) is 19.0. The summed E-state index contributed by atoms with van der Waals surface area (Å²) in [4.78, 5) is 30.5. The second kappa shape index (κ2) is 8.72. The minimum Gasteiger partial charge on any atom is -0.493 e. The molecule has 8 nitrogen and oxygen atoms in total. The van der Waals surface area contributed by atoms with Gasteiger partial charge in [-0.2, -0.15) is 0 Å². The fourth-order valence-electron chi connectivity index (χ4n) is 4.46. The number of fused-ring (bicyclic) bond motifs is 3. The Kier molecular flexibility index (Phi) is 5.59. The Labute approximate surface area is 196 Å². The number of H-pyrrole nitrogens is 1. The van der Waals surface area contributed by atoms with Crippen LogP contribution in [0.5, 0.6) is 11.5 Å². The molecule has 0 aliphatic carbocycles. The average molecular weight is 460 g/mol. The number of rotatable bonds is 5. The summed E-state index contributed by atoms with van der Waals surface area (Å²) < 4.78 is 16.2. The van der Waals surface area contributed by atoms with Crippen LogP contribution >= 0.6 is 0 Å². The monoisotopic (exact) mass is 459 g/mol. The zero-order valence-electron chi connectivity index (χ0n) is 19.0. The van der Waals surface area contributed by atoms with Crippen LogP contribution in [0.1, 0.15) is 20.7 Å². The fraction of sp³-hybridized carbons (Fsp3) is 0.231. The smallest absolute Gasteiger partial charge is 0.254 e. The first kappa shape index (κ1) is 21.8. The minimum absolute atomic E-state index is 0.0364. The van der Waals surface area contributed by atoms with Gasteiger partial charge >= 0.3 is 0 Å². The van der Waals surface area contributed by atoms with Crippen molar-refractivity contribution in [3.05, 3.63) is 59.7 Å². The highest BCUT2D eigenvalue weighted by molar-refractivity contribution is 6.17. The van der Waals surface area contributed by atoms with Gasteiger partial charge in [-0.15, -0.1) is 0 Å². The number of ether oxygens (including phenoxy) is 3. The van der Waals surface area contributed by atoms with E-state index in [-0.39, 0.29) is 5.91 Å². The Balaban J connectivity index is 1.67. The molecule has 3 aromatic carbocycles. The summed E-state index contributed by atoms with van der Waals surface area (Å²) >= 11 is 0. The molecule has 1 saturated heterocycles. The van der Waals surface area contributed by atoms with Gasteiger partial charge in [0.25, 0.3) is 11.8 Å². The minimum atomic E-state index is -0.538. The Hall–Kier alpha value is -4.04. The van der Waals surface area contributed by atoms with E-state index in [0.717, 1.165) is 27.4 Å². The number of aromatic amines is 1. The lowest BCUT2D eigenvalue weighted by atomic mass is 9.98. The maximum absolute atomic E-state index is 13.1. The van der Waals surface area contributed by atoms with Gasteiger partial charge in [-0.25, -0.2) is 0 Å². The quantitative estimate of drug-likeness (QED) is 0.474. The summed E-state index contributed by atoms with van der Waals surface area (Å²) in [7, 11) is 3.16. The molecule has 34 heavy (non-hydrogen) atoms. The van der Waals surface area contributed by atoms with Crippen LogP contribution in [0.3, 0.4) is 0 Å². The van der Waals surface area contributed by atoms with Gasteiger partial charge in [0, 0.05) is 34.9 Å². The number of methoxy groups -OCH3 is 2. The van der Waals surface area contributed by atoms with E-state index in [1.54, 1.807) is 31.3 Å². The normalized spacial score (nSPS) is 13.9. The van der Waals surface area contributed by atoms with Crippen molar-refractivity contribution in [2.24, 2.45) is 5.73 Å². The number of hydrogen-bond donors (Lipinski definition) is 2. The molecular formula is C26H25N3O5. The fourth-order valence-corrected chi connectivity index (χ4v) is 4.46. The summed E-state index contributed by atoms with van der Waals surface area (Å²) in [6.07, 6.45) is 0. The molecule has 0 spiro atoms. The van der Waals surface area contributed by atoms with E-state index in [0.29, 0.717) is 54.4 Å². The molecule has 1 aliphatic heterocycles. The topological polar surface area (TPSA) is 107 Å². The molecule has 1 aliphatic rings. The number of amides is 2. The lowest BCUT2D eigenvalue weighted by molar-refractivity contribution is 0.0303. The zero-order chi connectivity index (χ0) is 23.8. The van der Waals surface area contributed by atoms with E-state index in [9.17, 15) is 9.59 Å². The van der Waals surface area contributed by atoms with E-state index in [1.165, 1.54) is 0 Å². The van der Waals surface area contributed by atoms with E-state index >= 15 is 0 Å². The molecule has 4 aromatic rings. The molecule has 0 bridgehead atoms. The third-order valence-corrected chi connectivity index (χ3v) is 6.24. The lowest BCUT2D eigenvalue weighted by Crippen LogP contribution is -2.40. The van der Waals surface area contributed by atoms with Crippen LogP contribution in [-0.4, -0.2) is 62.2 Å². The molecule has 174 valence electrons. The summed E-state index contributed by atoms with van der Waals surface area (Å²) in [5.41, 5.74) is 9.82. The van der Waals surface area contributed by atoms with Crippen molar-refractivity contribution in [2.75, 3.05) is 40.5 Å². The van der Waals surface area contributed by atoms with Crippen LogP contribution in [0.4, 0.5) is 0 Å². The SMILES string of the molecule is COc1ccc(-c2cc(C(N)=O)c3[nH]c4ccc(C(=O)N5CCOCC5)cc4c3c2)cc1OC. The van der Waals surface area contributed by atoms with Gasteiger partial charge in [0.15, 0.2) is 11.5 Å². The van der Waals surface area contributed by atoms with Crippen molar-refractivity contribution in [1.29, 1.82) is 0 Å². The highest BCUT2D eigenvalue weighted by Gasteiger charge is 2.21. The number of benzene rings is 3. The number of carbonyl (C=O) groups excluding carboxylic acids is 2. The molecular weight excluding hydrogens is 434 g/mol. The van der Waals surface area contributed by atoms with Gasteiger partial charge in [0.1, 0.15) is 0 Å². The number of nitrogens with zero attached hydrogens (tertiary/aromatic N) is 1. The number of primary amides is 1. The maximum Gasteiger partial charge on any atom is 0.254 e. The van der Waals surface area contributed by atoms with Crippen LogP contribution in [0, 0.1) is 0 Å². The predicted molar refractivity (Wildman–Crippen MR) is 130 cm³/mol. The van der Waals surface area contributed by atoms with Gasteiger partial charge in [0.05, 0.1) is 38.5 Å². The van der Waals surface area contributed by atoms with Crippen molar-refractivity contribution in [1.82, 2.24) is 9.88 Å². The van der Waals surface area contributed by atoms with Crippen LogP contribution in [0.15, 0.2) is 48.5 Å². The first-order valence-electron chi connectivity index (χ1n) is 11.0. The van der Waals surface area contributed by atoms with Crippen molar-refractivity contribution < 1.29 is 23.8 Å². The van der Waals surface area contributed by atoms with E-state index in [1.807, 2.05) is 36.4 Å². The van der Waals surface area contributed by atoms with E-state index < -0.39 is 5.91 Å². The Bertz CT molecular complexity index is 1420. The highest BCUT2D eigenvalue weighted by Crippen LogP contribution is 2.36. The molecule has 1 aromatic heterocycles. The number of nitrogens with two attached hydrogens (primary N) is 1. The van der Waals surface area contributed by atoms with Crippen LogP contribution in [0.2, 0.25) is 0 Å². The molecule has 3 N–H and O–H groups in total. The summed E-state index contributed by atoms with van der Waals surface area (Å²) in [6, 6.07) is 14.9. The molecule has 0 atom stereocenters. The largest absolute Gasteiger partial charge is 0.493 e. The van der Waals surface area contributed by atoms with Gasteiger partial charge in [-0.1, -0.05) is 6.07 Å². The number of morpholine rings is 1. The second-order valence-corrected chi connectivity index (χ2v) is 8.17. The average Bonchev–Trinajstić information content (AvgIpc) is 3.25. The Morgan fingerprint density at radius 3 is 2.38 bits per heavy atom. The summed E-state index contributed by atoms with van der Waals surface area (Å²) in [5.74, 6) is 0.619. The van der Waals surface area contributed by atoms with Crippen LogP contribution in [0.25, 0.3) is 32.9 Å². The molecule has 2 amide bonds.